The highest BCUT2D eigenvalue weighted by atomic mass is 16.7. The highest BCUT2D eigenvalue weighted by molar-refractivity contribution is 5.77. The Morgan fingerprint density at radius 2 is 1.79 bits per heavy atom. The molecule has 1 heterocycles. The van der Waals surface area contributed by atoms with Gasteiger partial charge in [-0.3, -0.25) is 4.79 Å². The Bertz CT molecular complexity index is 411. The zero-order valence-corrected chi connectivity index (χ0v) is 12.8. The first-order chi connectivity index (χ1) is 8.69. The molecule has 2 saturated carbocycles. The molecular weight excluding hydrogens is 240 g/mol. The Kier molecular flexibility index (Phi) is 2.65. The van der Waals surface area contributed by atoms with E-state index >= 15 is 0 Å². The molecule has 3 fully saturated rings. The van der Waals surface area contributed by atoms with Gasteiger partial charge in [0.05, 0.1) is 11.5 Å². The Morgan fingerprint density at radius 1 is 1.16 bits per heavy atom. The molecule has 3 aliphatic rings. The van der Waals surface area contributed by atoms with Gasteiger partial charge in [-0.15, -0.1) is 0 Å². The predicted octanol–water partition coefficient (Wildman–Crippen LogP) is 3.52. The predicted molar refractivity (Wildman–Crippen MR) is 72.4 cm³/mol. The van der Waals surface area contributed by atoms with Crippen LogP contribution in [0.4, 0.5) is 0 Å². The van der Waals surface area contributed by atoms with E-state index < -0.39 is 5.79 Å². The smallest absolute Gasteiger partial charge is 0.314 e. The molecule has 108 valence electrons. The van der Waals surface area contributed by atoms with Crippen molar-refractivity contribution in [1.29, 1.82) is 0 Å². The monoisotopic (exact) mass is 266 g/mol. The third kappa shape index (κ3) is 1.63. The average molecular weight is 266 g/mol. The summed E-state index contributed by atoms with van der Waals surface area (Å²) in [7, 11) is 0. The van der Waals surface area contributed by atoms with Crippen LogP contribution in [-0.4, -0.2) is 17.4 Å². The van der Waals surface area contributed by atoms with Crippen LogP contribution in [0, 0.1) is 23.2 Å². The van der Waals surface area contributed by atoms with Crippen molar-refractivity contribution in [2.45, 2.75) is 71.7 Å². The summed E-state index contributed by atoms with van der Waals surface area (Å²) in [4.78, 5) is 12.5. The van der Waals surface area contributed by atoms with Crippen LogP contribution in [0.5, 0.6) is 0 Å². The van der Waals surface area contributed by atoms with Crippen molar-refractivity contribution in [1.82, 2.24) is 0 Å². The molecule has 19 heavy (non-hydrogen) atoms. The Labute approximate surface area is 116 Å². The standard InChI is InChI=1S/C16H26O3/c1-14(2,3)16(5)18-13(17)12-10-8-6-7-9-11(10)15(12,4)19-16/h10-12H,6-9H2,1-5H3/t10-,11-,12+,15+,16-/m0/s1. The van der Waals surface area contributed by atoms with Crippen molar-refractivity contribution in [3.05, 3.63) is 0 Å². The average Bonchev–Trinajstić information content (AvgIpc) is 2.25. The molecule has 0 unspecified atom stereocenters. The van der Waals surface area contributed by atoms with Crippen LogP contribution < -0.4 is 0 Å². The summed E-state index contributed by atoms with van der Waals surface area (Å²) in [5.41, 5.74) is -0.515. The molecular formula is C16H26O3. The van der Waals surface area contributed by atoms with Crippen molar-refractivity contribution in [2.75, 3.05) is 0 Å². The summed E-state index contributed by atoms with van der Waals surface area (Å²) in [6.07, 6.45) is 4.88. The molecule has 5 atom stereocenters. The lowest BCUT2D eigenvalue weighted by Gasteiger charge is -2.66. The first kappa shape index (κ1) is 13.4. The second-order valence-corrected chi connectivity index (χ2v) is 7.94. The van der Waals surface area contributed by atoms with Crippen molar-refractivity contribution in [3.63, 3.8) is 0 Å². The molecule has 3 rings (SSSR count). The molecule has 2 aliphatic carbocycles. The molecule has 0 aromatic heterocycles. The van der Waals surface area contributed by atoms with Crippen LogP contribution in [0.2, 0.25) is 0 Å². The van der Waals surface area contributed by atoms with Crippen molar-refractivity contribution in [2.24, 2.45) is 23.2 Å². The van der Waals surface area contributed by atoms with Gasteiger partial charge in [-0.2, -0.15) is 0 Å². The summed E-state index contributed by atoms with van der Waals surface area (Å²) in [5.74, 6) is 0.164. The molecule has 1 aliphatic heterocycles. The molecule has 0 N–H and O–H groups in total. The molecule has 1 saturated heterocycles. The van der Waals surface area contributed by atoms with Crippen LogP contribution in [0.1, 0.15) is 60.3 Å². The van der Waals surface area contributed by atoms with Gasteiger partial charge in [0.1, 0.15) is 0 Å². The fourth-order valence-electron chi connectivity index (χ4n) is 4.36. The number of hydrogen-bond acceptors (Lipinski definition) is 3. The van der Waals surface area contributed by atoms with E-state index in [0.29, 0.717) is 11.8 Å². The second kappa shape index (κ2) is 3.75. The normalized spacial score (nSPS) is 49.7. The zero-order chi connectivity index (χ0) is 14.1. The first-order valence-corrected chi connectivity index (χ1v) is 7.62. The number of hydrogen-bond donors (Lipinski definition) is 0. The maximum absolute atomic E-state index is 12.5. The summed E-state index contributed by atoms with van der Waals surface area (Å²) in [6, 6.07) is 0. The van der Waals surface area contributed by atoms with E-state index in [1.54, 1.807) is 0 Å². The molecule has 0 bridgehead atoms. The highest BCUT2D eigenvalue weighted by Crippen LogP contribution is 2.62. The van der Waals surface area contributed by atoms with Crippen LogP contribution in [-0.2, 0) is 14.3 Å². The lowest BCUT2D eigenvalue weighted by molar-refractivity contribution is -0.391. The molecule has 3 nitrogen and oxygen atoms in total. The Hall–Kier alpha value is -0.570. The van der Waals surface area contributed by atoms with Gasteiger partial charge in [-0.1, -0.05) is 33.6 Å². The van der Waals surface area contributed by atoms with E-state index in [-0.39, 0.29) is 22.9 Å². The van der Waals surface area contributed by atoms with Gasteiger partial charge in [-0.05, 0) is 31.6 Å². The van der Waals surface area contributed by atoms with Gasteiger partial charge < -0.3 is 9.47 Å². The first-order valence-electron chi connectivity index (χ1n) is 7.62. The topological polar surface area (TPSA) is 35.5 Å². The number of carbonyl (C=O) groups excluding carboxylic acids is 1. The van der Waals surface area contributed by atoms with E-state index in [0.717, 1.165) is 6.42 Å². The van der Waals surface area contributed by atoms with Gasteiger partial charge in [0.15, 0.2) is 0 Å². The maximum Gasteiger partial charge on any atom is 0.314 e. The minimum Gasteiger partial charge on any atom is -0.432 e. The van der Waals surface area contributed by atoms with Gasteiger partial charge in [0, 0.05) is 12.3 Å². The third-order valence-electron chi connectivity index (χ3n) is 5.93. The van der Waals surface area contributed by atoms with Gasteiger partial charge in [-0.25, -0.2) is 0 Å². The number of cyclic esters (lactones) is 1. The Morgan fingerprint density at radius 3 is 2.42 bits per heavy atom. The van der Waals surface area contributed by atoms with E-state index in [9.17, 15) is 4.79 Å². The summed E-state index contributed by atoms with van der Waals surface area (Å²) < 4.78 is 12.1. The minimum absolute atomic E-state index is 0.0330. The fraction of sp³-hybridized carbons (Fsp3) is 0.938. The summed E-state index contributed by atoms with van der Waals surface area (Å²) >= 11 is 0. The van der Waals surface area contributed by atoms with E-state index in [4.69, 9.17) is 9.47 Å². The summed E-state index contributed by atoms with van der Waals surface area (Å²) in [6.45, 7) is 10.3. The van der Waals surface area contributed by atoms with Crippen LogP contribution in [0.15, 0.2) is 0 Å². The number of ether oxygens (including phenoxy) is 2. The van der Waals surface area contributed by atoms with Crippen LogP contribution in [0.25, 0.3) is 0 Å². The summed E-state index contributed by atoms with van der Waals surface area (Å²) in [5, 5.41) is 0. The highest BCUT2D eigenvalue weighted by Gasteiger charge is 2.70. The van der Waals surface area contributed by atoms with E-state index in [2.05, 4.69) is 27.7 Å². The Balaban J connectivity index is 1.92. The largest absolute Gasteiger partial charge is 0.432 e. The maximum atomic E-state index is 12.5. The number of esters is 1. The van der Waals surface area contributed by atoms with Crippen molar-refractivity contribution < 1.29 is 14.3 Å². The number of carbonyl (C=O) groups is 1. The van der Waals surface area contributed by atoms with Crippen LogP contribution >= 0.6 is 0 Å². The second-order valence-electron chi connectivity index (χ2n) is 7.94. The van der Waals surface area contributed by atoms with Gasteiger partial charge in [0.25, 0.3) is 0 Å². The van der Waals surface area contributed by atoms with E-state index in [1.165, 1.54) is 19.3 Å². The molecule has 3 heteroatoms. The van der Waals surface area contributed by atoms with Crippen molar-refractivity contribution >= 4 is 5.97 Å². The molecule has 0 amide bonds. The molecule has 0 aromatic carbocycles. The quantitative estimate of drug-likeness (QED) is 0.629. The zero-order valence-electron chi connectivity index (χ0n) is 12.8. The minimum atomic E-state index is -0.808. The number of rotatable bonds is 0. The van der Waals surface area contributed by atoms with Gasteiger partial charge in [0.2, 0.25) is 5.79 Å². The SMILES string of the molecule is CC(C)(C)[C@@]1(C)OC(=O)[C@H]2[C@H]3CCCC[C@@H]3[C@@]2(C)O1. The third-order valence-corrected chi connectivity index (χ3v) is 5.93. The van der Waals surface area contributed by atoms with Gasteiger partial charge >= 0.3 is 5.97 Å². The fourth-order valence-corrected chi connectivity index (χ4v) is 4.36. The molecule has 0 aromatic rings. The number of fused-ring (bicyclic) bond motifs is 4. The molecule has 0 radical (unpaired) electrons. The van der Waals surface area contributed by atoms with E-state index in [1.807, 2.05) is 6.92 Å². The molecule has 0 spiro atoms. The lowest BCUT2D eigenvalue weighted by Crippen LogP contribution is -2.73. The van der Waals surface area contributed by atoms with Crippen molar-refractivity contribution in [3.8, 4) is 0 Å². The lowest BCUT2D eigenvalue weighted by atomic mass is 9.49. The van der Waals surface area contributed by atoms with Crippen LogP contribution in [0.3, 0.4) is 0 Å².